The van der Waals surface area contributed by atoms with E-state index in [0.717, 1.165) is 56.4 Å². The van der Waals surface area contributed by atoms with Gasteiger partial charge in [0, 0.05) is 36.5 Å². The molecule has 0 spiro atoms. The molecule has 4 fully saturated rings. The number of rotatable bonds is 8. The van der Waals surface area contributed by atoms with E-state index in [0.29, 0.717) is 49.4 Å². The van der Waals surface area contributed by atoms with Crippen LogP contribution < -0.4 is 5.73 Å². The molecule has 4 aliphatic rings. The molecule has 3 saturated carbocycles. The van der Waals surface area contributed by atoms with Crippen molar-refractivity contribution in [1.82, 2.24) is 9.80 Å². The largest absolute Gasteiger partial charge is 0.394 e. The van der Waals surface area contributed by atoms with Gasteiger partial charge in [0.2, 0.25) is 5.91 Å². The molecule has 3 N–H and O–H groups in total. The summed E-state index contributed by atoms with van der Waals surface area (Å²) in [5.41, 5.74) is 8.50. The van der Waals surface area contributed by atoms with E-state index in [-0.39, 0.29) is 30.0 Å². The minimum absolute atomic E-state index is 0.0382. The Balaban J connectivity index is 1.47. The number of aliphatic imine (C=N–C) groups is 1. The Bertz CT molecular complexity index is 806. The Morgan fingerprint density at radius 3 is 2.56 bits per heavy atom. The molecule has 1 saturated heterocycles. The maximum atomic E-state index is 13.2. The van der Waals surface area contributed by atoms with Crippen molar-refractivity contribution in [3.63, 3.8) is 0 Å². The second-order valence-corrected chi connectivity index (χ2v) is 10.7. The standard InChI is InChI=1S/C25H40N4O3/c1-4-25(8-9-25)29(12-5-16(2)3)21(31)15-27-20-14-17-13-19(17)22(20)23(26)24(32)28-10-6-18(30)7-11-28/h16-19,30H,4-15,26H2,1-3H3/b23-22-,27-20?. The third kappa shape index (κ3) is 4.73. The second-order valence-electron chi connectivity index (χ2n) is 10.7. The lowest BCUT2D eigenvalue weighted by atomic mass is 10.0. The van der Waals surface area contributed by atoms with Crippen LogP contribution in [0.25, 0.3) is 0 Å². The van der Waals surface area contributed by atoms with E-state index < -0.39 is 0 Å². The maximum absolute atomic E-state index is 13.2. The highest BCUT2D eigenvalue weighted by molar-refractivity contribution is 6.11. The van der Waals surface area contributed by atoms with E-state index in [1.54, 1.807) is 4.90 Å². The van der Waals surface area contributed by atoms with Crippen LogP contribution in [0.1, 0.15) is 72.1 Å². The number of nitrogens with two attached hydrogens (primary N) is 1. The highest BCUT2D eigenvalue weighted by Gasteiger charge is 2.51. The van der Waals surface area contributed by atoms with Crippen LogP contribution in [0.4, 0.5) is 0 Å². The Labute approximate surface area is 192 Å². The van der Waals surface area contributed by atoms with E-state index in [1.807, 2.05) is 0 Å². The average molecular weight is 445 g/mol. The summed E-state index contributed by atoms with van der Waals surface area (Å²) >= 11 is 0. The third-order valence-corrected chi connectivity index (χ3v) is 8.03. The van der Waals surface area contributed by atoms with Crippen LogP contribution in [0, 0.1) is 17.8 Å². The molecular weight excluding hydrogens is 404 g/mol. The Morgan fingerprint density at radius 2 is 1.97 bits per heavy atom. The highest BCUT2D eigenvalue weighted by atomic mass is 16.3. The van der Waals surface area contributed by atoms with Crippen LogP contribution in [0.3, 0.4) is 0 Å². The molecule has 2 amide bonds. The van der Waals surface area contributed by atoms with Crippen LogP contribution in [-0.4, -0.2) is 70.3 Å². The number of aliphatic hydroxyl groups excluding tert-OH is 1. The van der Waals surface area contributed by atoms with Crippen LogP contribution in [0.2, 0.25) is 0 Å². The Kier molecular flexibility index (Phi) is 6.66. The van der Waals surface area contributed by atoms with Crippen LogP contribution in [0.15, 0.2) is 16.3 Å². The van der Waals surface area contributed by atoms with E-state index in [9.17, 15) is 14.7 Å². The predicted octanol–water partition coefficient (Wildman–Crippen LogP) is 2.48. The summed E-state index contributed by atoms with van der Waals surface area (Å²) in [5.74, 6) is 1.37. The molecule has 2 atom stereocenters. The molecular formula is C25H40N4O3. The molecule has 0 aromatic carbocycles. The van der Waals surface area contributed by atoms with Crippen molar-refractivity contribution >= 4 is 17.5 Å². The van der Waals surface area contributed by atoms with Crippen molar-refractivity contribution in [2.75, 3.05) is 26.2 Å². The fraction of sp³-hybridized carbons (Fsp3) is 0.800. The Hall–Kier alpha value is -1.89. The summed E-state index contributed by atoms with van der Waals surface area (Å²) in [6, 6.07) is 0. The number of allylic oxidation sites excluding steroid dienone is 1. The van der Waals surface area contributed by atoms with Gasteiger partial charge >= 0.3 is 0 Å². The molecule has 0 aromatic heterocycles. The second kappa shape index (κ2) is 9.16. The minimum atomic E-state index is -0.327. The van der Waals surface area contributed by atoms with Gasteiger partial charge in [0.05, 0.1) is 6.10 Å². The lowest BCUT2D eigenvalue weighted by molar-refractivity contribution is -0.133. The van der Waals surface area contributed by atoms with E-state index in [2.05, 4.69) is 25.7 Å². The zero-order chi connectivity index (χ0) is 23.0. The van der Waals surface area contributed by atoms with Gasteiger partial charge in [-0.15, -0.1) is 0 Å². The summed E-state index contributed by atoms with van der Waals surface area (Å²) in [5, 5.41) is 9.73. The smallest absolute Gasteiger partial charge is 0.270 e. The monoisotopic (exact) mass is 444 g/mol. The highest BCUT2D eigenvalue weighted by Crippen LogP contribution is 2.54. The molecule has 0 radical (unpaired) electrons. The van der Waals surface area contributed by atoms with Crippen LogP contribution >= 0.6 is 0 Å². The molecule has 2 unspecified atom stereocenters. The first-order valence-corrected chi connectivity index (χ1v) is 12.6. The molecule has 32 heavy (non-hydrogen) atoms. The fourth-order valence-electron chi connectivity index (χ4n) is 5.48. The van der Waals surface area contributed by atoms with Crippen molar-refractivity contribution in [2.45, 2.75) is 83.8 Å². The summed E-state index contributed by atoms with van der Waals surface area (Å²) < 4.78 is 0. The number of aliphatic hydroxyl groups is 1. The number of amides is 2. The number of piperidine rings is 1. The van der Waals surface area contributed by atoms with Gasteiger partial charge in [-0.05, 0) is 69.1 Å². The number of carbonyl (C=O) groups excluding carboxylic acids is 2. The molecule has 0 aromatic rings. The first-order valence-electron chi connectivity index (χ1n) is 12.6. The summed E-state index contributed by atoms with van der Waals surface area (Å²) in [4.78, 5) is 34.8. The topological polar surface area (TPSA) is 99.2 Å². The summed E-state index contributed by atoms with van der Waals surface area (Å²) in [7, 11) is 0. The van der Waals surface area contributed by atoms with E-state index >= 15 is 0 Å². The lowest BCUT2D eigenvalue weighted by Gasteiger charge is -2.32. The quantitative estimate of drug-likeness (QED) is 0.562. The van der Waals surface area contributed by atoms with Crippen molar-refractivity contribution in [3.8, 4) is 0 Å². The average Bonchev–Trinajstić information content (AvgIpc) is 3.69. The normalized spacial score (nSPS) is 29.3. The van der Waals surface area contributed by atoms with Crippen LogP contribution in [-0.2, 0) is 9.59 Å². The molecule has 178 valence electrons. The van der Waals surface area contributed by atoms with Crippen molar-refractivity contribution in [2.24, 2.45) is 28.5 Å². The summed E-state index contributed by atoms with van der Waals surface area (Å²) in [6.45, 7) is 8.58. The van der Waals surface area contributed by atoms with E-state index in [1.165, 1.54) is 0 Å². The van der Waals surface area contributed by atoms with Gasteiger partial charge < -0.3 is 20.6 Å². The van der Waals surface area contributed by atoms with Gasteiger partial charge in [-0.3, -0.25) is 14.6 Å². The number of nitrogens with zero attached hydrogens (tertiary/aromatic N) is 3. The lowest BCUT2D eigenvalue weighted by Crippen LogP contribution is -2.44. The number of likely N-dealkylation sites (tertiary alicyclic amines) is 1. The van der Waals surface area contributed by atoms with Crippen molar-refractivity contribution in [1.29, 1.82) is 0 Å². The number of carbonyl (C=O) groups is 2. The molecule has 7 nitrogen and oxygen atoms in total. The van der Waals surface area contributed by atoms with Crippen molar-refractivity contribution in [3.05, 3.63) is 11.3 Å². The molecule has 3 aliphatic carbocycles. The Morgan fingerprint density at radius 1 is 1.28 bits per heavy atom. The zero-order valence-corrected chi connectivity index (χ0v) is 20.0. The fourth-order valence-corrected chi connectivity index (χ4v) is 5.48. The maximum Gasteiger partial charge on any atom is 0.270 e. The van der Waals surface area contributed by atoms with Gasteiger partial charge in [0.25, 0.3) is 5.91 Å². The molecule has 1 heterocycles. The zero-order valence-electron chi connectivity index (χ0n) is 20.0. The molecule has 4 rings (SSSR count). The van der Waals surface area contributed by atoms with Gasteiger partial charge in [0.15, 0.2) is 0 Å². The number of fused-ring (bicyclic) bond motifs is 1. The minimum Gasteiger partial charge on any atom is -0.394 e. The molecule has 7 heteroatoms. The molecule has 1 aliphatic heterocycles. The van der Waals surface area contributed by atoms with E-state index in [4.69, 9.17) is 10.7 Å². The predicted molar refractivity (Wildman–Crippen MR) is 125 cm³/mol. The van der Waals surface area contributed by atoms with Crippen LogP contribution in [0.5, 0.6) is 0 Å². The van der Waals surface area contributed by atoms with Gasteiger partial charge in [-0.25, -0.2) is 0 Å². The number of hydrogen-bond donors (Lipinski definition) is 2. The van der Waals surface area contributed by atoms with Gasteiger partial charge in [-0.2, -0.15) is 0 Å². The summed E-state index contributed by atoms with van der Waals surface area (Å²) in [6.07, 6.45) is 6.94. The van der Waals surface area contributed by atoms with Gasteiger partial charge in [-0.1, -0.05) is 20.8 Å². The van der Waals surface area contributed by atoms with Crippen molar-refractivity contribution < 1.29 is 14.7 Å². The van der Waals surface area contributed by atoms with Gasteiger partial charge in [0.1, 0.15) is 12.2 Å². The third-order valence-electron chi connectivity index (χ3n) is 8.03. The first-order chi connectivity index (χ1) is 15.3. The SMILES string of the molecule is CCC1(N(CCC(C)C)C(=O)CN=C2CC3CC3/C2=C(/N)C(=O)N2CCC(O)CC2)CC1. The molecule has 0 bridgehead atoms. The first kappa shape index (κ1) is 23.3. The number of hydrogen-bond acceptors (Lipinski definition) is 5.